The van der Waals surface area contributed by atoms with Gasteiger partial charge in [0.2, 0.25) is 0 Å². The molecule has 6 aromatic rings. The van der Waals surface area contributed by atoms with Crippen LogP contribution in [0.15, 0.2) is 122 Å². The van der Waals surface area contributed by atoms with Crippen molar-refractivity contribution in [1.82, 2.24) is 15.0 Å². The molecule has 0 N–H and O–H groups in total. The number of hydrogen-bond donors (Lipinski definition) is 0. The minimum Gasteiger partial charge on any atom is -0.304 e. The van der Waals surface area contributed by atoms with E-state index in [9.17, 15) is 0 Å². The number of fused-ring (bicyclic) bond motifs is 6. The van der Waals surface area contributed by atoms with E-state index in [0.717, 1.165) is 22.5 Å². The molecule has 2 aliphatic rings. The first-order valence-electron chi connectivity index (χ1n) is 14.2. The number of rotatable bonds is 1. The molecule has 0 unspecified atom stereocenters. The van der Waals surface area contributed by atoms with Crippen molar-refractivity contribution in [2.24, 2.45) is 0 Å². The summed E-state index contributed by atoms with van der Waals surface area (Å²) in [5.74, 6) is 0. The predicted molar refractivity (Wildman–Crippen MR) is 170 cm³/mol. The number of benzene rings is 3. The van der Waals surface area contributed by atoms with Crippen molar-refractivity contribution in [3.05, 3.63) is 162 Å². The summed E-state index contributed by atoms with van der Waals surface area (Å²) >= 11 is 0. The van der Waals surface area contributed by atoms with Gasteiger partial charge in [-0.15, -0.1) is 65.2 Å². The fraction of sp³-hybridized carbons (Fsp3) is 0.154. The molecule has 4 heteroatoms. The van der Waals surface area contributed by atoms with Crippen LogP contribution in [-0.4, -0.2) is 15.0 Å². The molecule has 0 amide bonds. The van der Waals surface area contributed by atoms with Gasteiger partial charge in [0.15, 0.2) is 0 Å². The number of hydrogen-bond acceptors (Lipinski definition) is 3. The summed E-state index contributed by atoms with van der Waals surface area (Å²) in [6, 6.07) is 42.8. The first kappa shape index (κ1) is 30.2. The molecule has 0 fully saturated rings. The van der Waals surface area contributed by atoms with Crippen LogP contribution in [0.1, 0.15) is 49.9 Å². The van der Waals surface area contributed by atoms with Gasteiger partial charge >= 0.3 is 20.1 Å². The molecule has 3 nitrogen and oxygen atoms in total. The van der Waals surface area contributed by atoms with Gasteiger partial charge in [-0.05, 0) is 35.4 Å². The molecular weight excluding hydrogens is 703 g/mol. The van der Waals surface area contributed by atoms with Crippen molar-refractivity contribution in [2.45, 2.75) is 38.5 Å². The molecule has 3 aromatic carbocycles. The summed E-state index contributed by atoms with van der Waals surface area (Å²) in [5, 5.41) is 0. The van der Waals surface area contributed by atoms with Gasteiger partial charge in [-0.3, -0.25) is 9.97 Å². The quantitative estimate of drug-likeness (QED) is 0.159. The Morgan fingerprint density at radius 1 is 0.512 bits per heavy atom. The van der Waals surface area contributed by atoms with E-state index < -0.39 is 0 Å². The van der Waals surface area contributed by atoms with Crippen LogP contribution in [0.25, 0.3) is 33.6 Å². The Morgan fingerprint density at radius 2 is 1.12 bits per heavy atom. The van der Waals surface area contributed by atoms with Gasteiger partial charge in [0.05, 0.1) is 0 Å². The second-order valence-corrected chi connectivity index (χ2v) is 11.5. The van der Waals surface area contributed by atoms with Crippen LogP contribution in [0.2, 0.25) is 0 Å². The molecule has 0 spiro atoms. The van der Waals surface area contributed by atoms with E-state index >= 15 is 0 Å². The summed E-state index contributed by atoms with van der Waals surface area (Å²) in [6.07, 6.45) is 7.17. The molecule has 8 rings (SSSR count). The van der Waals surface area contributed by atoms with Crippen molar-refractivity contribution < 1.29 is 20.1 Å². The molecule has 2 aliphatic carbocycles. The summed E-state index contributed by atoms with van der Waals surface area (Å²) in [4.78, 5) is 12.7. The van der Waals surface area contributed by atoms with Gasteiger partial charge in [0.25, 0.3) is 0 Å². The Balaban J connectivity index is 0.000000146. The third kappa shape index (κ3) is 5.73. The summed E-state index contributed by atoms with van der Waals surface area (Å²) < 4.78 is 0. The average molecular weight is 735 g/mol. The SMILES string of the molecule is CC1(C)c2ccc[c-]c2-c2[c-]c(-c3ccccn3)ccc21.CC1(C)c2ccc[c-]c2-c2ncccc21.[Ir+3].c1ccncc1. The summed E-state index contributed by atoms with van der Waals surface area (Å²) in [5.41, 5.74) is 12.0. The maximum atomic E-state index is 4.46. The van der Waals surface area contributed by atoms with E-state index in [1.165, 1.54) is 33.4 Å². The van der Waals surface area contributed by atoms with E-state index in [0.29, 0.717) is 0 Å². The van der Waals surface area contributed by atoms with Crippen molar-refractivity contribution >= 4 is 0 Å². The molecule has 0 radical (unpaired) electrons. The van der Waals surface area contributed by atoms with E-state index in [1.807, 2.05) is 73.1 Å². The van der Waals surface area contributed by atoms with Crippen LogP contribution in [0.4, 0.5) is 0 Å². The van der Waals surface area contributed by atoms with Crippen LogP contribution >= 0.6 is 0 Å². The molecular formula is C39H32IrN3. The normalized spacial score (nSPS) is 13.8. The van der Waals surface area contributed by atoms with Gasteiger partial charge in [0, 0.05) is 30.5 Å². The Labute approximate surface area is 268 Å². The van der Waals surface area contributed by atoms with E-state index in [1.54, 1.807) is 12.4 Å². The number of pyridine rings is 3. The van der Waals surface area contributed by atoms with Gasteiger partial charge in [-0.2, -0.15) is 34.9 Å². The van der Waals surface area contributed by atoms with Gasteiger partial charge in [-0.25, -0.2) is 5.56 Å². The largest absolute Gasteiger partial charge is 3.00 e. The second kappa shape index (κ2) is 12.6. The van der Waals surface area contributed by atoms with Crippen LogP contribution in [-0.2, 0) is 30.9 Å². The Kier molecular flexibility index (Phi) is 8.82. The van der Waals surface area contributed by atoms with Crippen LogP contribution in [0.5, 0.6) is 0 Å². The Morgan fingerprint density at radius 3 is 1.77 bits per heavy atom. The number of nitrogens with zero attached hydrogens (tertiary/aromatic N) is 3. The monoisotopic (exact) mass is 735 g/mol. The third-order valence-corrected chi connectivity index (χ3v) is 8.15. The zero-order valence-electron chi connectivity index (χ0n) is 24.7. The van der Waals surface area contributed by atoms with Gasteiger partial charge in [0.1, 0.15) is 0 Å². The zero-order chi connectivity index (χ0) is 29.2. The second-order valence-electron chi connectivity index (χ2n) is 11.5. The van der Waals surface area contributed by atoms with E-state index in [-0.39, 0.29) is 30.9 Å². The van der Waals surface area contributed by atoms with Gasteiger partial charge in [-0.1, -0.05) is 62.9 Å². The fourth-order valence-corrected chi connectivity index (χ4v) is 5.91. The topological polar surface area (TPSA) is 38.7 Å². The van der Waals surface area contributed by atoms with Crippen molar-refractivity contribution in [1.29, 1.82) is 0 Å². The molecule has 0 saturated carbocycles. The minimum absolute atomic E-state index is 0. The molecule has 0 bridgehead atoms. The average Bonchev–Trinajstić information content (AvgIpc) is 3.43. The smallest absolute Gasteiger partial charge is 0.304 e. The zero-order valence-corrected chi connectivity index (χ0v) is 27.1. The maximum Gasteiger partial charge on any atom is 3.00 e. The maximum absolute atomic E-state index is 4.46. The Hall–Kier alpha value is -4.24. The van der Waals surface area contributed by atoms with Crippen molar-refractivity contribution in [2.75, 3.05) is 0 Å². The standard InChI is InChI=1S/C20H15N.C14H12N.C5H5N.Ir/c1-20(2)17-8-4-3-7-15(17)16-13-14(10-11-18(16)20)19-9-5-6-12-21-19;1-14(2)11-7-4-3-6-10(11)13-12(14)8-5-9-15-13;1-2-4-6-5-3-1;/h3-6,8-12H,1-2H3;3-5,7-9H,1-2H3;1-5H;/q-2;-1;;+3. The first-order valence-corrected chi connectivity index (χ1v) is 14.2. The molecule has 212 valence electrons. The van der Waals surface area contributed by atoms with Gasteiger partial charge < -0.3 is 4.98 Å². The van der Waals surface area contributed by atoms with E-state index in [4.69, 9.17) is 0 Å². The first-order chi connectivity index (χ1) is 20.4. The van der Waals surface area contributed by atoms with Crippen molar-refractivity contribution in [3.63, 3.8) is 0 Å². The molecule has 3 heterocycles. The summed E-state index contributed by atoms with van der Waals surface area (Å²) in [6.45, 7) is 9.01. The predicted octanol–water partition coefficient (Wildman–Crippen LogP) is 8.92. The van der Waals surface area contributed by atoms with Crippen molar-refractivity contribution in [3.8, 4) is 33.6 Å². The molecule has 3 aromatic heterocycles. The molecule has 0 aliphatic heterocycles. The molecule has 0 atom stereocenters. The van der Waals surface area contributed by atoms with E-state index in [2.05, 4.69) is 97.2 Å². The summed E-state index contributed by atoms with van der Waals surface area (Å²) in [7, 11) is 0. The third-order valence-electron chi connectivity index (χ3n) is 8.15. The fourth-order valence-electron chi connectivity index (χ4n) is 5.91. The minimum atomic E-state index is 0. The molecule has 43 heavy (non-hydrogen) atoms. The molecule has 0 saturated heterocycles. The number of aromatic nitrogens is 3. The Bertz CT molecular complexity index is 1760. The van der Waals surface area contributed by atoms with Crippen LogP contribution in [0.3, 0.4) is 0 Å². The van der Waals surface area contributed by atoms with Crippen LogP contribution in [0, 0.1) is 18.2 Å². The van der Waals surface area contributed by atoms with Crippen LogP contribution < -0.4 is 0 Å².